The van der Waals surface area contributed by atoms with E-state index >= 15 is 0 Å². The average molecular weight is 282 g/mol. The lowest BCUT2D eigenvalue weighted by Crippen LogP contribution is -2.11. The molecule has 0 bridgehead atoms. The van der Waals surface area contributed by atoms with Crippen LogP contribution < -0.4 is 0 Å². The Kier molecular flexibility index (Phi) is 4.16. The van der Waals surface area contributed by atoms with Crippen molar-refractivity contribution in [2.24, 2.45) is 0 Å². The third-order valence-electron chi connectivity index (χ3n) is 2.42. The van der Waals surface area contributed by atoms with E-state index in [2.05, 4.69) is 0 Å². The van der Waals surface area contributed by atoms with Gasteiger partial charge in [-0.1, -0.05) is 36.4 Å². The van der Waals surface area contributed by atoms with Crippen molar-refractivity contribution in [2.45, 2.75) is 12.5 Å². The van der Waals surface area contributed by atoms with Gasteiger partial charge in [0.25, 0.3) is 10.1 Å². The molecular weight excluding hydrogens is 268 g/mol. The predicted molar refractivity (Wildman–Crippen MR) is 73.1 cm³/mol. The maximum absolute atomic E-state index is 11.3. The van der Waals surface area contributed by atoms with E-state index in [1.807, 2.05) is 47.8 Å². The SMILES string of the molecule is CS(=O)(=O)OC(Cc1ccccc1)c1cccs1. The highest BCUT2D eigenvalue weighted by Crippen LogP contribution is 2.27. The second-order valence-electron chi connectivity index (χ2n) is 3.99. The Morgan fingerprint density at radius 1 is 1.17 bits per heavy atom. The van der Waals surface area contributed by atoms with E-state index in [0.717, 1.165) is 16.7 Å². The summed E-state index contributed by atoms with van der Waals surface area (Å²) >= 11 is 1.50. The van der Waals surface area contributed by atoms with Crippen molar-refractivity contribution >= 4 is 21.5 Å². The van der Waals surface area contributed by atoms with Crippen LogP contribution in [0.2, 0.25) is 0 Å². The summed E-state index contributed by atoms with van der Waals surface area (Å²) in [6.45, 7) is 0. The van der Waals surface area contributed by atoms with Gasteiger partial charge in [-0.05, 0) is 17.0 Å². The fraction of sp³-hybridized carbons (Fsp3) is 0.231. The third kappa shape index (κ3) is 3.94. The Labute approximate surface area is 111 Å². The zero-order valence-corrected chi connectivity index (χ0v) is 11.6. The molecule has 1 unspecified atom stereocenters. The average Bonchev–Trinajstić information content (AvgIpc) is 2.81. The van der Waals surface area contributed by atoms with E-state index in [4.69, 9.17) is 4.18 Å². The first-order valence-corrected chi connectivity index (χ1v) is 8.20. The molecule has 2 aromatic rings. The van der Waals surface area contributed by atoms with Crippen molar-refractivity contribution in [1.29, 1.82) is 0 Å². The number of hydrogen-bond donors (Lipinski definition) is 0. The molecule has 0 saturated heterocycles. The van der Waals surface area contributed by atoms with Gasteiger partial charge in [-0.3, -0.25) is 4.18 Å². The summed E-state index contributed by atoms with van der Waals surface area (Å²) in [5.41, 5.74) is 1.06. The monoisotopic (exact) mass is 282 g/mol. The van der Waals surface area contributed by atoms with Gasteiger partial charge in [-0.15, -0.1) is 11.3 Å². The lowest BCUT2D eigenvalue weighted by Gasteiger charge is -2.14. The van der Waals surface area contributed by atoms with E-state index in [9.17, 15) is 8.42 Å². The van der Waals surface area contributed by atoms with Gasteiger partial charge < -0.3 is 0 Å². The second-order valence-corrected chi connectivity index (χ2v) is 6.57. The van der Waals surface area contributed by atoms with Crippen molar-refractivity contribution in [3.05, 3.63) is 58.3 Å². The van der Waals surface area contributed by atoms with Crippen molar-refractivity contribution in [3.8, 4) is 0 Å². The molecule has 0 amide bonds. The van der Waals surface area contributed by atoms with Gasteiger partial charge in [0.2, 0.25) is 0 Å². The van der Waals surface area contributed by atoms with Crippen LogP contribution in [-0.2, 0) is 20.7 Å². The summed E-state index contributed by atoms with van der Waals surface area (Å²) in [6.07, 6.45) is 1.19. The van der Waals surface area contributed by atoms with E-state index in [1.54, 1.807) is 0 Å². The molecule has 0 aliphatic heterocycles. The molecule has 0 N–H and O–H groups in total. The Morgan fingerprint density at radius 2 is 1.89 bits per heavy atom. The molecule has 0 aliphatic carbocycles. The molecule has 18 heavy (non-hydrogen) atoms. The molecule has 0 fully saturated rings. The van der Waals surface area contributed by atoms with Gasteiger partial charge in [-0.25, -0.2) is 0 Å². The molecule has 0 aliphatic rings. The van der Waals surface area contributed by atoms with Gasteiger partial charge >= 0.3 is 0 Å². The van der Waals surface area contributed by atoms with Crippen LogP contribution in [0.4, 0.5) is 0 Å². The normalized spacial score (nSPS) is 13.4. The van der Waals surface area contributed by atoms with Crippen molar-refractivity contribution < 1.29 is 12.6 Å². The number of thiophene rings is 1. The van der Waals surface area contributed by atoms with Crippen molar-refractivity contribution in [3.63, 3.8) is 0 Å². The molecule has 1 atom stereocenters. The van der Waals surface area contributed by atoms with Crippen LogP contribution in [0, 0.1) is 0 Å². The third-order valence-corrected chi connectivity index (χ3v) is 3.96. The van der Waals surface area contributed by atoms with Crippen LogP contribution in [-0.4, -0.2) is 14.7 Å². The first-order valence-electron chi connectivity index (χ1n) is 5.50. The molecule has 2 rings (SSSR count). The quantitative estimate of drug-likeness (QED) is 0.792. The first kappa shape index (κ1) is 13.3. The van der Waals surface area contributed by atoms with Gasteiger partial charge in [0, 0.05) is 11.3 Å². The van der Waals surface area contributed by atoms with E-state index in [1.165, 1.54) is 11.3 Å². The molecular formula is C13H14O3S2. The summed E-state index contributed by atoms with van der Waals surface area (Å²) in [6, 6.07) is 13.5. The van der Waals surface area contributed by atoms with Crippen LogP contribution in [0.5, 0.6) is 0 Å². The molecule has 0 saturated carbocycles. The van der Waals surface area contributed by atoms with Gasteiger partial charge in [-0.2, -0.15) is 8.42 Å². The Balaban J connectivity index is 2.21. The highest BCUT2D eigenvalue weighted by atomic mass is 32.2. The first-order chi connectivity index (χ1) is 8.54. The fourth-order valence-electron chi connectivity index (χ4n) is 1.70. The molecule has 3 nitrogen and oxygen atoms in total. The smallest absolute Gasteiger partial charge is 0.261 e. The van der Waals surface area contributed by atoms with Crippen LogP contribution in [0.3, 0.4) is 0 Å². The molecule has 96 valence electrons. The minimum Gasteiger partial charge on any atom is -0.261 e. The standard InChI is InChI=1S/C13H14O3S2/c1-18(14,15)16-12(13-8-5-9-17-13)10-11-6-3-2-4-7-11/h2-9,12H,10H2,1H3. The van der Waals surface area contributed by atoms with Gasteiger partial charge in [0.05, 0.1) is 6.26 Å². The minimum atomic E-state index is -3.46. The van der Waals surface area contributed by atoms with E-state index < -0.39 is 16.2 Å². The topological polar surface area (TPSA) is 43.4 Å². The molecule has 0 radical (unpaired) electrons. The molecule has 1 aromatic carbocycles. The number of benzene rings is 1. The summed E-state index contributed by atoms with van der Waals surface area (Å²) in [4.78, 5) is 0.921. The maximum atomic E-state index is 11.3. The molecule has 0 spiro atoms. The molecule has 5 heteroatoms. The van der Waals surface area contributed by atoms with Crippen molar-refractivity contribution in [1.82, 2.24) is 0 Å². The second kappa shape index (κ2) is 5.65. The largest absolute Gasteiger partial charge is 0.265 e. The van der Waals surface area contributed by atoms with E-state index in [0.29, 0.717) is 6.42 Å². The summed E-state index contributed by atoms with van der Waals surface area (Å²) in [5.74, 6) is 0. The Bertz CT molecular complexity index is 574. The fourth-order valence-corrected chi connectivity index (χ4v) is 3.10. The highest BCUT2D eigenvalue weighted by molar-refractivity contribution is 7.86. The van der Waals surface area contributed by atoms with Crippen LogP contribution in [0.15, 0.2) is 47.8 Å². The summed E-state index contributed by atoms with van der Waals surface area (Å²) < 4.78 is 27.8. The lowest BCUT2D eigenvalue weighted by molar-refractivity contribution is 0.220. The zero-order valence-electron chi connectivity index (χ0n) is 9.94. The number of rotatable bonds is 5. The van der Waals surface area contributed by atoms with Crippen LogP contribution in [0.1, 0.15) is 16.5 Å². The highest BCUT2D eigenvalue weighted by Gasteiger charge is 2.19. The molecule has 1 aromatic heterocycles. The summed E-state index contributed by atoms with van der Waals surface area (Å²) in [7, 11) is -3.46. The van der Waals surface area contributed by atoms with Gasteiger partial charge in [0.15, 0.2) is 0 Å². The zero-order chi connectivity index (χ0) is 13.0. The molecule has 1 heterocycles. The minimum absolute atomic E-state index is 0.442. The lowest BCUT2D eigenvalue weighted by atomic mass is 10.1. The van der Waals surface area contributed by atoms with E-state index in [-0.39, 0.29) is 0 Å². The van der Waals surface area contributed by atoms with Crippen LogP contribution >= 0.6 is 11.3 Å². The Hall–Kier alpha value is -1.17. The van der Waals surface area contributed by atoms with Crippen LogP contribution in [0.25, 0.3) is 0 Å². The van der Waals surface area contributed by atoms with Crippen molar-refractivity contribution in [2.75, 3.05) is 6.26 Å². The van der Waals surface area contributed by atoms with Gasteiger partial charge in [0.1, 0.15) is 6.10 Å². The Morgan fingerprint density at radius 3 is 2.44 bits per heavy atom. The summed E-state index contributed by atoms with van der Waals surface area (Å²) in [5, 5.41) is 1.92. The number of hydrogen-bond acceptors (Lipinski definition) is 4. The maximum Gasteiger partial charge on any atom is 0.265 e. The predicted octanol–water partition coefficient (Wildman–Crippen LogP) is 3.01.